The second-order valence-electron chi connectivity index (χ2n) is 7.69. The molecule has 2 rings (SSSR count). The molecule has 0 aliphatic carbocycles. The molecule has 6 nitrogen and oxygen atoms in total. The average Bonchev–Trinajstić information content (AvgIpc) is 3.14. The van der Waals surface area contributed by atoms with Crippen molar-refractivity contribution in [2.75, 3.05) is 13.6 Å². The number of hydrogen-bond acceptors (Lipinski definition) is 4. The molecule has 2 aromatic rings. The topological polar surface area (TPSA) is 78.5 Å². The van der Waals surface area contributed by atoms with Crippen LogP contribution in [0.2, 0.25) is 0 Å². The molecule has 0 fully saturated rings. The number of nitrogens with zero attached hydrogens (tertiary/aromatic N) is 1. The van der Waals surface area contributed by atoms with E-state index in [4.69, 9.17) is 0 Å². The lowest BCUT2D eigenvalue weighted by Gasteiger charge is -2.26. The molecule has 1 aromatic carbocycles. The molecule has 1 heterocycles. The van der Waals surface area contributed by atoms with E-state index < -0.39 is 6.04 Å². The molecule has 1 atom stereocenters. The fraction of sp³-hybridized carbons (Fsp3) is 0.381. The minimum absolute atomic E-state index is 0.0731. The first kappa shape index (κ1) is 21.6. The zero-order valence-electron chi connectivity index (χ0n) is 16.7. The fourth-order valence-corrected chi connectivity index (χ4v) is 3.33. The summed E-state index contributed by atoms with van der Waals surface area (Å²) in [5, 5.41) is 7.47. The summed E-state index contributed by atoms with van der Waals surface area (Å²) in [7, 11) is 1.57. The van der Waals surface area contributed by atoms with E-state index in [1.165, 1.54) is 16.2 Å². The van der Waals surface area contributed by atoms with Gasteiger partial charge < -0.3 is 15.5 Å². The Hall–Kier alpha value is -2.67. The summed E-state index contributed by atoms with van der Waals surface area (Å²) in [6.45, 7) is 5.57. The molecular weight excluding hydrogens is 374 g/mol. The van der Waals surface area contributed by atoms with Crippen molar-refractivity contribution in [1.82, 2.24) is 15.5 Å². The van der Waals surface area contributed by atoms with Crippen LogP contribution in [0.3, 0.4) is 0 Å². The van der Waals surface area contributed by atoms with Gasteiger partial charge in [-0.3, -0.25) is 14.4 Å². The molecule has 3 amide bonds. The molecule has 0 saturated carbocycles. The van der Waals surface area contributed by atoms with Crippen LogP contribution in [0.15, 0.2) is 47.8 Å². The quantitative estimate of drug-likeness (QED) is 0.748. The second kappa shape index (κ2) is 9.50. The highest BCUT2D eigenvalue weighted by Gasteiger charge is 2.27. The number of thiophene rings is 1. The smallest absolute Gasteiger partial charge is 0.262 e. The van der Waals surface area contributed by atoms with Gasteiger partial charge in [0.05, 0.1) is 11.4 Å². The van der Waals surface area contributed by atoms with Crippen LogP contribution < -0.4 is 10.6 Å². The van der Waals surface area contributed by atoms with Crippen molar-refractivity contribution in [2.45, 2.75) is 38.8 Å². The van der Waals surface area contributed by atoms with E-state index in [-0.39, 0.29) is 29.8 Å². The third-order valence-electron chi connectivity index (χ3n) is 3.90. The van der Waals surface area contributed by atoms with Gasteiger partial charge in [0.2, 0.25) is 11.8 Å². The van der Waals surface area contributed by atoms with E-state index in [1.807, 2.05) is 56.5 Å². The monoisotopic (exact) mass is 401 g/mol. The zero-order chi connectivity index (χ0) is 20.7. The Kier molecular flexibility index (Phi) is 7.34. The van der Waals surface area contributed by atoms with Gasteiger partial charge in [0.15, 0.2) is 0 Å². The van der Waals surface area contributed by atoms with Crippen molar-refractivity contribution in [3.05, 3.63) is 58.3 Å². The number of hydrogen-bond donors (Lipinski definition) is 2. The molecule has 0 spiro atoms. The van der Waals surface area contributed by atoms with Gasteiger partial charge in [-0.25, -0.2) is 0 Å². The van der Waals surface area contributed by atoms with Crippen molar-refractivity contribution in [1.29, 1.82) is 0 Å². The summed E-state index contributed by atoms with van der Waals surface area (Å²) in [4.78, 5) is 39.5. The predicted octanol–water partition coefficient (Wildman–Crippen LogP) is 2.46. The van der Waals surface area contributed by atoms with E-state index >= 15 is 0 Å². The molecule has 0 bridgehead atoms. The van der Waals surface area contributed by atoms with Gasteiger partial charge in [-0.05, 0) is 37.8 Å². The fourth-order valence-electron chi connectivity index (χ4n) is 2.70. The van der Waals surface area contributed by atoms with E-state index in [9.17, 15) is 14.4 Å². The highest BCUT2D eigenvalue weighted by Crippen LogP contribution is 2.11. The first-order valence-electron chi connectivity index (χ1n) is 9.10. The van der Waals surface area contributed by atoms with Gasteiger partial charge in [0.25, 0.3) is 5.91 Å². The number of carbonyl (C=O) groups is 3. The Balaban J connectivity index is 2.11. The van der Waals surface area contributed by atoms with Crippen LogP contribution in [-0.2, 0) is 16.0 Å². The van der Waals surface area contributed by atoms with Gasteiger partial charge >= 0.3 is 0 Å². The van der Waals surface area contributed by atoms with Crippen LogP contribution in [0.25, 0.3) is 0 Å². The van der Waals surface area contributed by atoms with Gasteiger partial charge in [-0.1, -0.05) is 36.4 Å². The zero-order valence-corrected chi connectivity index (χ0v) is 17.5. The molecule has 150 valence electrons. The molecule has 0 unspecified atom stereocenters. The SMILES string of the molecule is CN(CC(=O)NC(C)(C)C)C(=O)[C@H](Cc1ccccc1)NC(=O)c1cccs1. The molecule has 28 heavy (non-hydrogen) atoms. The van der Waals surface area contributed by atoms with Crippen molar-refractivity contribution >= 4 is 29.1 Å². The highest BCUT2D eigenvalue weighted by molar-refractivity contribution is 7.12. The van der Waals surface area contributed by atoms with Crippen LogP contribution >= 0.6 is 11.3 Å². The minimum Gasteiger partial charge on any atom is -0.350 e. The second-order valence-corrected chi connectivity index (χ2v) is 8.63. The van der Waals surface area contributed by atoms with Crippen molar-refractivity contribution in [3.63, 3.8) is 0 Å². The van der Waals surface area contributed by atoms with Gasteiger partial charge in [0.1, 0.15) is 6.04 Å². The third-order valence-corrected chi connectivity index (χ3v) is 4.77. The number of rotatable bonds is 7. The standard InChI is InChI=1S/C21H27N3O3S/c1-21(2,3)23-18(25)14-24(4)20(27)16(13-15-9-6-5-7-10-15)22-19(26)17-11-8-12-28-17/h5-12,16H,13-14H2,1-4H3,(H,22,26)(H,23,25)/t16-/m0/s1. The Morgan fingerprint density at radius 1 is 1.07 bits per heavy atom. The van der Waals surface area contributed by atoms with E-state index in [0.29, 0.717) is 11.3 Å². The lowest BCUT2D eigenvalue weighted by molar-refractivity contribution is -0.136. The molecule has 0 aliphatic rings. The predicted molar refractivity (Wildman–Crippen MR) is 111 cm³/mol. The summed E-state index contributed by atoms with van der Waals surface area (Å²) < 4.78 is 0. The van der Waals surface area contributed by atoms with E-state index in [2.05, 4.69) is 10.6 Å². The number of nitrogens with one attached hydrogen (secondary N) is 2. The van der Waals surface area contributed by atoms with Crippen LogP contribution in [0.1, 0.15) is 36.0 Å². The van der Waals surface area contributed by atoms with Crippen LogP contribution in [-0.4, -0.2) is 47.8 Å². The molecule has 0 aliphatic heterocycles. The molecular formula is C21H27N3O3S. The molecule has 1 aromatic heterocycles. The summed E-state index contributed by atoms with van der Waals surface area (Å²) in [6, 6.07) is 12.2. The normalized spacial score (nSPS) is 12.1. The highest BCUT2D eigenvalue weighted by atomic mass is 32.1. The average molecular weight is 402 g/mol. The molecule has 2 N–H and O–H groups in total. The van der Waals surface area contributed by atoms with Crippen molar-refractivity contribution in [2.24, 2.45) is 0 Å². The number of benzene rings is 1. The van der Waals surface area contributed by atoms with E-state index in [0.717, 1.165) is 5.56 Å². The molecule has 0 radical (unpaired) electrons. The first-order chi connectivity index (χ1) is 13.2. The Bertz CT molecular complexity index is 798. The van der Waals surface area contributed by atoms with Crippen LogP contribution in [0.5, 0.6) is 0 Å². The maximum atomic E-state index is 13.0. The summed E-state index contributed by atoms with van der Waals surface area (Å²) >= 11 is 1.32. The van der Waals surface area contributed by atoms with Crippen molar-refractivity contribution < 1.29 is 14.4 Å². The maximum absolute atomic E-state index is 13.0. The number of carbonyl (C=O) groups excluding carboxylic acids is 3. The van der Waals surface area contributed by atoms with E-state index in [1.54, 1.807) is 19.2 Å². The van der Waals surface area contributed by atoms with Crippen LogP contribution in [0, 0.1) is 0 Å². The Morgan fingerprint density at radius 3 is 2.32 bits per heavy atom. The largest absolute Gasteiger partial charge is 0.350 e. The minimum atomic E-state index is -0.760. The van der Waals surface area contributed by atoms with Gasteiger partial charge in [0, 0.05) is 19.0 Å². The third kappa shape index (κ3) is 6.81. The first-order valence-corrected chi connectivity index (χ1v) is 9.98. The Morgan fingerprint density at radius 2 is 1.75 bits per heavy atom. The summed E-state index contributed by atoms with van der Waals surface area (Å²) in [6.07, 6.45) is 0.349. The molecule has 0 saturated heterocycles. The van der Waals surface area contributed by atoms with Gasteiger partial charge in [-0.2, -0.15) is 0 Å². The van der Waals surface area contributed by atoms with Crippen LogP contribution in [0.4, 0.5) is 0 Å². The summed E-state index contributed by atoms with van der Waals surface area (Å²) in [5.41, 5.74) is 0.553. The lowest BCUT2D eigenvalue weighted by Crippen LogP contribution is -2.52. The van der Waals surface area contributed by atoms with Crippen molar-refractivity contribution in [3.8, 4) is 0 Å². The lowest BCUT2D eigenvalue weighted by atomic mass is 10.0. The van der Waals surface area contributed by atoms with Gasteiger partial charge in [-0.15, -0.1) is 11.3 Å². The summed E-state index contributed by atoms with van der Waals surface area (Å²) in [5.74, 6) is -0.846. The molecule has 7 heteroatoms. The maximum Gasteiger partial charge on any atom is 0.262 e. The Labute approximate surface area is 169 Å². The number of amides is 3. The number of likely N-dealkylation sites (N-methyl/N-ethyl adjacent to an activating group) is 1.